The van der Waals surface area contributed by atoms with E-state index in [0.29, 0.717) is 25.3 Å². The Morgan fingerprint density at radius 1 is 1.17 bits per heavy atom. The van der Waals surface area contributed by atoms with Crippen molar-refractivity contribution >= 4 is 15.9 Å². The zero-order valence-corrected chi connectivity index (χ0v) is 14.0. The lowest BCUT2D eigenvalue weighted by atomic mass is 10.2. The zero-order chi connectivity index (χ0) is 16.7. The lowest BCUT2D eigenvalue weighted by molar-refractivity contribution is 0.0953. The Morgan fingerprint density at radius 2 is 1.87 bits per heavy atom. The third kappa shape index (κ3) is 5.91. The van der Waals surface area contributed by atoms with Crippen LogP contribution >= 0.6 is 0 Å². The third-order valence-corrected chi connectivity index (χ3v) is 4.93. The van der Waals surface area contributed by atoms with E-state index >= 15 is 0 Å². The smallest absolute Gasteiger partial charge is 0.251 e. The standard InChI is InChI=1S/C15H23N3O4S/c1-22-11-10-16-8-9-17-15(19)12-2-6-14(7-3-12)23(20,21)18-13-4-5-13/h2-3,6-7,13,16,18H,4-5,8-11H2,1H3,(H,17,19). The molecule has 3 N–H and O–H groups in total. The summed E-state index contributed by atoms with van der Waals surface area (Å²) in [6, 6.07) is 6.02. The van der Waals surface area contributed by atoms with Crippen molar-refractivity contribution in [2.45, 2.75) is 23.8 Å². The van der Waals surface area contributed by atoms with Gasteiger partial charge < -0.3 is 15.4 Å². The fraction of sp³-hybridized carbons (Fsp3) is 0.533. The Labute approximate surface area is 136 Å². The first-order chi connectivity index (χ1) is 11.0. The van der Waals surface area contributed by atoms with Crippen molar-refractivity contribution in [2.75, 3.05) is 33.4 Å². The fourth-order valence-electron chi connectivity index (χ4n) is 1.94. The monoisotopic (exact) mass is 341 g/mol. The molecule has 0 radical (unpaired) electrons. The van der Waals surface area contributed by atoms with Gasteiger partial charge in [-0.25, -0.2) is 13.1 Å². The van der Waals surface area contributed by atoms with Crippen molar-refractivity contribution in [1.82, 2.24) is 15.4 Å². The van der Waals surface area contributed by atoms with Crippen molar-refractivity contribution in [1.29, 1.82) is 0 Å². The topological polar surface area (TPSA) is 96.5 Å². The summed E-state index contributed by atoms with van der Waals surface area (Å²) in [5.41, 5.74) is 0.437. The Bertz CT molecular complexity index is 612. The van der Waals surface area contributed by atoms with Gasteiger partial charge in [-0.3, -0.25) is 4.79 Å². The highest BCUT2D eigenvalue weighted by molar-refractivity contribution is 7.89. The van der Waals surface area contributed by atoms with Crippen molar-refractivity contribution in [3.05, 3.63) is 29.8 Å². The van der Waals surface area contributed by atoms with E-state index in [9.17, 15) is 13.2 Å². The third-order valence-electron chi connectivity index (χ3n) is 3.40. The molecule has 7 nitrogen and oxygen atoms in total. The van der Waals surface area contributed by atoms with Gasteiger partial charge in [0.25, 0.3) is 5.91 Å². The minimum atomic E-state index is -3.47. The molecule has 0 spiro atoms. The SMILES string of the molecule is COCCNCCNC(=O)c1ccc(S(=O)(=O)NC2CC2)cc1. The van der Waals surface area contributed by atoms with Crippen LogP contribution in [0.25, 0.3) is 0 Å². The maximum Gasteiger partial charge on any atom is 0.251 e. The first kappa shape index (κ1) is 17.9. The van der Waals surface area contributed by atoms with Gasteiger partial charge in [0.1, 0.15) is 0 Å². The average molecular weight is 341 g/mol. The van der Waals surface area contributed by atoms with E-state index in [1.165, 1.54) is 24.3 Å². The summed E-state index contributed by atoms with van der Waals surface area (Å²) < 4.78 is 31.6. The van der Waals surface area contributed by atoms with E-state index in [1.807, 2.05) is 0 Å². The highest BCUT2D eigenvalue weighted by Gasteiger charge is 2.27. The van der Waals surface area contributed by atoms with Crippen LogP contribution in [0.1, 0.15) is 23.2 Å². The summed E-state index contributed by atoms with van der Waals surface area (Å²) in [6.45, 7) is 2.49. The van der Waals surface area contributed by atoms with Gasteiger partial charge in [-0.1, -0.05) is 0 Å². The number of benzene rings is 1. The quantitative estimate of drug-likeness (QED) is 0.524. The number of sulfonamides is 1. The molecule has 0 saturated heterocycles. The van der Waals surface area contributed by atoms with E-state index in [0.717, 1.165) is 19.4 Å². The van der Waals surface area contributed by atoms with Crippen LogP contribution in [0.3, 0.4) is 0 Å². The van der Waals surface area contributed by atoms with Crippen molar-refractivity contribution in [3.63, 3.8) is 0 Å². The van der Waals surface area contributed by atoms with Crippen LogP contribution in [-0.4, -0.2) is 53.7 Å². The minimum Gasteiger partial charge on any atom is -0.383 e. The molecule has 128 valence electrons. The van der Waals surface area contributed by atoms with Crippen LogP contribution in [0.5, 0.6) is 0 Å². The molecule has 0 aromatic heterocycles. The van der Waals surface area contributed by atoms with E-state index in [2.05, 4.69) is 15.4 Å². The summed E-state index contributed by atoms with van der Waals surface area (Å²) in [6.07, 6.45) is 1.77. The molecule has 1 aliphatic carbocycles. The molecule has 1 aromatic carbocycles. The van der Waals surface area contributed by atoms with Gasteiger partial charge in [-0.05, 0) is 37.1 Å². The van der Waals surface area contributed by atoms with Crippen molar-refractivity contribution in [2.24, 2.45) is 0 Å². The van der Waals surface area contributed by atoms with Gasteiger partial charge in [-0.15, -0.1) is 0 Å². The number of rotatable bonds is 10. The summed E-state index contributed by atoms with van der Waals surface area (Å²) in [4.78, 5) is 12.1. The lowest BCUT2D eigenvalue weighted by Gasteiger charge is -2.08. The predicted molar refractivity (Wildman–Crippen MR) is 86.9 cm³/mol. The number of carbonyl (C=O) groups excluding carboxylic acids is 1. The second kappa shape index (κ2) is 8.39. The van der Waals surface area contributed by atoms with Gasteiger partial charge in [0.2, 0.25) is 10.0 Å². The molecule has 0 atom stereocenters. The summed E-state index contributed by atoms with van der Waals surface area (Å²) in [5.74, 6) is -0.224. The van der Waals surface area contributed by atoms with Crippen molar-refractivity contribution < 1.29 is 17.9 Å². The zero-order valence-electron chi connectivity index (χ0n) is 13.2. The first-order valence-corrected chi connectivity index (χ1v) is 9.11. The number of hydrogen-bond acceptors (Lipinski definition) is 5. The molecule has 0 aliphatic heterocycles. The van der Waals surface area contributed by atoms with Crippen LogP contribution in [0.15, 0.2) is 29.2 Å². The normalized spacial score (nSPS) is 14.7. The van der Waals surface area contributed by atoms with Gasteiger partial charge in [0, 0.05) is 38.3 Å². The molecule has 1 amide bonds. The maximum absolute atomic E-state index is 12.0. The molecule has 1 aliphatic rings. The van der Waals surface area contributed by atoms with Gasteiger partial charge in [-0.2, -0.15) is 0 Å². The maximum atomic E-state index is 12.0. The number of amides is 1. The first-order valence-electron chi connectivity index (χ1n) is 7.63. The molecule has 0 bridgehead atoms. The molecule has 1 fully saturated rings. The second-order valence-corrected chi connectivity index (χ2v) is 7.13. The fourth-order valence-corrected chi connectivity index (χ4v) is 3.24. The Balaban J connectivity index is 1.80. The highest BCUT2D eigenvalue weighted by atomic mass is 32.2. The van der Waals surface area contributed by atoms with Crippen LogP contribution in [0.4, 0.5) is 0 Å². The highest BCUT2D eigenvalue weighted by Crippen LogP contribution is 2.22. The van der Waals surface area contributed by atoms with E-state index in [1.54, 1.807) is 7.11 Å². The average Bonchev–Trinajstić information content (AvgIpc) is 3.34. The van der Waals surface area contributed by atoms with Gasteiger partial charge in [0.05, 0.1) is 11.5 Å². The molecule has 23 heavy (non-hydrogen) atoms. The van der Waals surface area contributed by atoms with Gasteiger partial charge >= 0.3 is 0 Å². The number of hydrogen-bond donors (Lipinski definition) is 3. The number of ether oxygens (including phenoxy) is 1. The van der Waals surface area contributed by atoms with Crippen LogP contribution in [0.2, 0.25) is 0 Å². The van der Waals surface area contributed by atoms with E-state index in [-0.39, 0.29) is 16.8 Å². The number of nitrogens with one attached hydrogen (secondary N) is 3. The summed E-state index contributed by atoms with van der Waals surface area (Å²) in [5, 5.41) is 5.89. The molecule has 0 unspecified atom stereocenters. The summed E-state index contributed by atoms with van der Waals surface area (Å²) in [7, 11) is -1.84. The Kier molecular flexibility index (Phi) is 6.52. The largest absolute Gasteiger partial charge is 0.383 e. The molecule has 1 aromatic rings. The van der Waals surface area contributed by atoms with E-state index in [4.69, 9.17) is 4.74 Å². The Hall–Kier alpha value is -1.48. The van der Waals surface area contributed by atoms with E-state index < -0.39 is 10.0 Å². The molecular weight excluding hydrogens is 318 g/mol. The number of methoxy groups -OCH3 is 1. The molecule has 1 saturated carbocycles. The molecule has 2 rings (SSSR count). The Morgan fingerprint density at radius 3 is 2.48 bits per heavy atom. The lowest BCUT2D eigenvalue weighted by Crippen LogP contribution is -2.33. The molecule has 0 heterocycles. The summed E-state index contributed by atoms with van der Waals surface area (Å²) >= 11 is 0. The van der Waals surface area contributed by atoms with Crippen LogP contribution in [0, 0.1) is 0 Å². The predicted octanol–water partition coefficient (Wildman–Crippen LogP) is 0.0931. The number of carbonyl (C=O) groups is 1. The van der Waals surface area contributed by atoms with Crippen LogP contribution in [-0.2, 0) is 14.8 Å². The van der Waals surface area contributed by atoms with Gasteiger partial charge in [0.15, 0.2) is 0 Å². The molecular formula is C15H23N3O4S. The van der Waals surface area contributed by atoms with Crippen molar-refractivity contribution in [3.8, 4) is 0 Å². The second-order valence-electron chi connectivity index (χ2n) is 5.42. The van der Waals surface area contributed by atoms with Crippen LogP contribution < -0.4 is 15.4 Å². The molecule has 8 heteroatoms. The minimum absolute atomic E-state index is 0.0635.